The van der Waals surface area contributed by atoms with Gasteiger partial charge in [-0.25, -0.2) is 5.10 Å². The van der Waals surface area contributed by atoms with Gasteiger partial charge in [-0.15, -0.1) is 0 Å². The maximum absolute atomic E-state index is 11.3. The Kier molecular flexibility index (Phi) is 2.88. The van der Waals surface area contributed by atoms with E-state index >= 15 is 0 Å². The molecule has 4 nitrogen and oxygen atoms in total. The highest BCUT2D eigenvalue weighted by Crippen LogP contribution is 2.26. The normalized spacial score (nSPS) is 13.6. The van der Waals surface area contributed by atoms with Gasteiger partial charge >= 0.3 is 0 Å². The number of aromatic nitrogens is 2. The number of aryl methyl sites for hydroxylation is 2. The monoisotopic (exact) mass is 251 g/mol. The fourth-order valence-electron chi connectivity index (χ4n) is 2.53. The van der Waals surface area contributed by atoms with Crippen LogP contribution in [-0.2, 0) is 12.8 Å². The first-order chi connectivity index (χ1) is 9.28. The number of hydrogen-bond acceptors (Lipinski definition) is 3. The van der Waals surface area contributed by atoms with E-state index in [1.54, 1.807) is 6.07 Å². The maximum atomic E-state index is 11.3. The summed E-state index contributed by atoms with van der Waals surface area (Å²) in [5, 5.41) is 15.3. The van der Waals surface area contributed by atoms with E-state index in [2.05, 4.69) is 22.3 Å². The highest BCUT2D eigenvalue weighted by atomic mass is 16.1. The molecule has 1 N–H and O–H groups in total. The summed E-state index contributed by atoms with van der Waals surface area (Å²) in [6, 6.07) is 9.68. The first kappa shape index (κ1) is 11.7. The lowest BCUT2D eigenvalue weighted by molar-refractivity contribution is 0.686. The van der Waals surface area contributed by atoms with E-state index in [1.165, 1.54) is 24.0 Å². The Bertz CT molecular complexity index is 725. The first-order valence-electron chi connectivity index (χ1n) is 6.40. The van der Waals surface area contributed by atoms with Crippen LogP contribution in [0.15, 0.2) is 29.1 Å². The quantitative estimate of drug-likeness (QED) is 0.844. The van der Waals surface area contributed by atoms with E-state index in [4.69, 9.17) is 5.26 Å². The number of H-pyrrole nitrogens is 1. The zero-order chi connectivity index (χ0) is 13.2. The van der Waals surface area contributed by atoms with Crippen molar-refractivity contribution in [1.29, 1.82) is 5.26 Å². The summed E-state index contributed by atoms with van der Waals surface area (Å²) in [6.45, 7) is 0. The molecule has 4 heteroatoms. The number of nitriles is 1. The molecule has 0 aliphatic heterocycles. The lowest BCUT2D eigenvalue weighted by Gasteiger charge is -2.16. The van der Waals surface area contributed by atoms with E-state index in [0.717, 1.165) is 18.4 Å². The summed E-state index contributed by atoms with van der Waals surface area (Å²) in [7, 11) is 0. The summed E-state index contributed by atoms with van der Waals surface area (Å²) in [5.74, 6) is 0. The highest BCUT2D eigenvalue weighted by molar-refractivity contribution is 5.62. The Hall–Kier alpha value is -2.41. The van der Waals surface area contributed by atoms with Crippen molar-refractivity contribution in [2.24, 2.45) is 0 Å². The van der Waals surface area contributed by atoms with Gasteiger partial charge in [-0.3, -0.25) is 4.79 Å². The molecule has 1 heterocycles. The van der Waals surface area contributed by atoms with E-state index in [-0.39, 0.29) is 5.56 Å². The molecule has 1 aliphatic rings. The van der Waals surface area contributed by atoms with Gasteiger partial charge in [0.2, 0.25) is 0 Å². The molecule has 0 atom stereocenters. The Morgan fingerprint density at radius 1 is 1.16 bits per heavy atom. The molecule has 0 spiro atoms. The fraction of sp³-hybridized carbons (Fsp3) is 0.267. The molecule has 2 aromatic rings. The fourth-order valence-corrected chi connectivity index (χ4v) is 2.53. The second-order valence-corrected chi connectivity index (χ2v) is 4.80. The van der Waals surface area contributed by atoms with E-state index in [1.807, 2.05) is 12.1 Å². The smallest absolute Gasteiger partial charge is 0.267 e. The Morgan fingerprint density at radius 3 is 2.74 bits per heavy atom. The molecular weight excluding hydrogens is 238 g/mol. The third kappa shape index (κ3) is 2.15. The number of nitrogens with one attached hydrogen (secondary N) is 1. The SMILES string of the molecule is N#Cc1cc(-c2ccc3c(c2)CCCC3)n[nH]c1=O. The van der Waals surface area contributed by atoms with Gasteiger partial charge in [0.15, 0.2) is 0 Å². The van der Waals surface area contributed by atoms with Gasteiger partial charge < -0.3 is 0 Å². The van der Waals surface area contributed by atoms with Crippen LogP contribution in [0.3, 0.4) is 0 Å². The van der Waals surface area contributed by atoms with Gasteiger partial charge in [-0.2, -0.15) is 10.4 Å². The number of benzene rings is 1. The average molecular weight is 251 g/mol. The van der Waals surface area contributed by atoms with E-state index in [0.29, 0.717) is 5.69 Å². The van der Waals surface area contributed by atoms with Crippen LogP contribution in [0.1, 0.15) is 29.5 Å². The molecule has 0 fully saturated rings. The van der Waals surface area contributed by atoms with Gasteiger partial charge in [-0.1, -0.05) is 12.1 Å². The minimum absolute atomic E-state index is 0.0997. The first-order valence-corrected chi connectivity index (χ1v) is 6.40. The van der Waals surface area contributed by atoms with E-state index in [9.17, 15) is 4.79 Å². The number of hydrogen-bond donors (Lipinski definition) is 1. The topological polar surface area (TPSA) is 69.5 Å². The Balaban J connectivity index is 2.07. The molecule has 0 unspecified atom stereocenters. The zero-order valence-corrected chi connectivity index (χ0v) is 10.4. The van der Waals surface area contributed by atoms with Crippen LogP contribution < -0.4 is 5.56 Å². The summed E-state index contributed by atoms with van der Waals surface area (Å²) in [4.78, 5) is 11.3. The maximum Gasteiger partial charge on any atom is 0.282 e. The summed E-state index contributed by atoms with van der Waals surface area (Å²) in [5.41, 5.74) is 4.01. The van der Waals surface area contributed by atoms with Crippen molar-refractivity contribution in [2.45, 2.75) is 25.7 Å². The standard InChI is InChI=1S/C15H13N3O/c16-9-13-8-14(17-18-15(13)19)12-6-5-10-3-1-2-4-11(10)7-12/h5-8H,1-4H2,(H,18,19). The largest absolute Gasteiger partial charge is 0.282 e. The summed E-state index contributed by atoms with van der Waals surface area (Å²) < 4.78 is 0. The van der Waals surface area contributed by atoms with Crippen molar-refractivity contribution >= 4 is 0 Å². The molecule has 1 aromatic carbocycles. The third-order valence-electron chi connectivity index (χ3n) is 3.57. The van der Waals surface area contributed by atoms with Crippen LogP contribution in [0.4, 0.5) is 0 Å². The van der Waals surface area contributed by atoms with Crippen LogP contribution >= 0.6 is 0 Å². The lowest BCUT2D eigenvalue weighted by atomic mass is 9.90. The molecule has 94 valence electrons. The van der Waals surface area contributed by atoms with Crippen molar-refractivity contribution in [3.05, 3.63) is 51.3 Å². The molecule has 0 saturated carbocycles. The number of aromatic amines is 1. The van der Waals surface area contributed by atoms with Crippen LogP contribution in [0, 0.1) is 11.3 Å². The van der Waals surface area contributed by atoms with Gasteiger partial charge in [0.05, 0.1) is 5.69 Å². The molecule has 0 radical (unpaired) electrons. The zero-order valence-electron chi connectivity index (χ0n) is 10.4. The second kappa shape index (κ2) is 4.69. The van der Waals surface area contributed by atoms with Crippen molar-refractivity contribution in [3.8, 4) is 17.3 Å². The predicted molar refractivity (Wildman–Crippen MR) is 71.7 cm³/mol. The minimum atomic E-state index is -0.441. The Morgan fingerprint density at radius 2 is 1.95 bits per heavy atom. The molecule has 1 aliphatic carbocycles. The predicted octanol–water partition coefficient (Wildman–Crippen LogP) is 2.19. The van der Waals surface area contributed by atoms with Gasteiger partial charge in [0.1, 0.15) is 11.6 Å². The van der Waals surface area contributed by atoms with Gasteiger partial charge in [-0.05, 0) is 48.9 Å². The van der Waals surface area contributed by atoms with Crippen molar-refractivity contribution < 1.29 is 0 Å². The minimum Gasteiger partial charge on any atom is -0.267 e. The number of fused-ring (bicyclic) bond motifs is 1. The highest BCUT2D eigenvalue weighted by Gasteiger charge is 2.11. The van der Waals surface area contributed by atoms with Crippen LogP contribution in [0.25, 0.3) is 11.3 Å². The van der Waals surface area contributed by atoms with Crippen molar-refractivity contribution in [2.75, 3.05) is 0 Å². The average Bonchev–Trinajstić information content (AvgIpc) is 2.47. The van der Waals surface area contributed by atoms with Crippen LogP contribution in [-0.4, -0.2) is 10.2 Å². The van der Waals surface area contributed by atoms with Crippen LogP contribution in [0.2, 0.25) is 0 Å². The molecular formula is C15H13N3O. The van der Waals surface area contributed by atoms with Crippen LogP contribution in [0.5, 0.6) is 0 Å². The molecule has 0 amide bonds. The molecule has 19 heavy (non-hydrogen) atoms. The molecule has 3 rings (SSSR count). The van der Waals surface area contributed by atoms with Crippen molar-refractivity contribution in [1.82, 2.24) is 10.2 Å². The number of rotatable bonds is 1. The van der Waals surface area contributed by atoms with Gasteiger partial charge in [0.25, 0.3) is 5.56 Å². The molecule has 0 saturated heterocycles. The molecule has 0 bridgehead atoms. The van der Waals surface area contributed by atoms with Crippen molar-refractivity contribution in [3.63, 3.8) is 0 Å². The van der Waals surface area contributed by atoms with E-state index < -0.39 is 5.56 Å². The lowest BCUT2D eigenvalue weighted by Crippen LogP contribution is -2.12. The van der Waals surface area contributed by atoms with Gasteiger partial charge in [0, 0.05) is 5.56 Å². The molecule has 1 aromatic heterocycles. The third-order valence-corrected chi connectivity index (χ3v) is 3.57. The summed E-state index contributed by atoms with van der Waals surface area (Å²) in [6.07, 6.45) is 4.70. The number of nitrogens with zero attached hydrogens (tertiary/aromatic N) is 2. The second-order valence-electron chi connectivity index (χ2n) is 4.80. The Labute approximate surface area is 110 Å². The summed E-state index contributed by atoms with van der Waals surface area (Å²) >= 11 is 0.